The van der Waals surface area contributed by atoms with Gasteiger partial charge in [-0.05, 0) is 38.6 Å². The summed E-state index contributed by atoms with van der Waals surface area (Å²) in [5.41, 5.74) is 0.130. The zero-order chi connectivity index (χ0) is 12.0. The van der Waals surface area contributed by atoms with Gasteiger partial charge in [-0.1, -0.05) is 13.8 Å². The maximum absolute atomic E-state index is 6.32. The Morgan fingerprint density at radius 1 is 1.24 bits per heavy atom. The Labute approximate surface area is 105 Å². The highest BCUT2D eigenvalue weighted by Crippen LogP contribution is 2.45. The van der Waals surface area contributed by atoms with Crippen LogP contribution in [-0.4, -0.2) is 48.8 Å². The average molecular weight is 238 g/mol. The standard InChI is InChI=1S/C14H26N2O/c1-10(2)13-14(17-7-6-15-13)8-11-4-5-12(9-14)16(11)3/h10-13,15H,4-9H2,1-3H3. The van der Waals surface area contributed by atoms with Crippen molar-refractivity contribution in [3.8, 4) is 0 Å². The first-order chi connectivity index (χ1) is 8.12. The summed E-state index contributed by atoms with van der Waals surface area (Å²) in [5, 5.41) is 3.72. The van der Waals surface area contributed by atoms with E-state index in [4.69, 9.17) is 4.74 Å². The van der Waals surface area contributed by atoms with Gasteiger partial charge in [-0.15, -0.1) is 0 Å². The van der Waals surface area contributed by atoms with Crippen LogP contribution in [0.1, 0.15) is 39.5 Å². The zero-order valence-electron chi connectivity index (χ0n) is 11.4. The Morgan fingerprint density at radius 3 is 2.47 bits per heavy atom. The predicted octanol–water partition coefficient (Wildman–Crippen LogP) is 1.63. The quantitative estimate of drug-likeness (QED) is 0.751. The first-order valence-corrected chi connectivity index (χ1v) is 7.22. The molecular formula is C14H26N2O. The highest BCUT2D eigenvalue weighted by molar-refractivity contribution is 5.08. The van der Waals surface area contributed by atoms with Crippen LogP contribution in [0.4, 0.5) is 0 Å². The maximum Gasteiger partial charge on any atom is 0.0867 e. The second-order valence-corrected chi connectivity index (χ2v) is 6.55. The summed E-state index contributed by atoms with van der Waals surface area (Å²) in [7, 11) is 2.30. The van der Waals surface area contributed by atoms with Crippen LogP contribution >= 0.6 is 0 Å². The molecule has 3 rings (SSSR count). The van der Waals surface area contributed by atoms with E-state index in [1.54, 1.807) is 0 Å². The molecule has 1 N–H and O–H groups in total. The lowest BCUT2D eigenvalue weighted by molar-refractivity contribution is -0.148. The molecule has 3 aliphatic heterocycles. The lowest BCUT2D eigenvalue weighted by Gasteiger charge is -2.52. The molecule has 0 aromatic rings. The van der Waals surface area contributed by atoms with Gasteiger partial charge in [0.15, 0.2) is 0 Å². The summed E-state index contributed by atoms with van der Waals surface area (Å²) in [6.07, 6.45) is 5.21. The fraction of sp³-hybridized carbons (Fsp3) is 1.00. The van der Waals surface area contributed by atoms with E-state index in [9.17, 15) is 0 Å². The maximum atomic E-state index is 6.32. The van der Waals surface area contributed by atoms with Crippen LogP contribution in [0.5, 0.6) is 0 Å². The van der Waals surface area contributed by atoms with Crippen molar-refractivity contribution < 1.29 is 4.74 Å². The van der Waals surface area contributed by atoms with Gasteiger partial charge < -0.3 is 15.0 Å². The summed E-state index contributed by atoms with van der Waals surface area (Å²) in [5.74, 6) is 0.665. The molecule has 0 saturated carbocycles. The van der Waals surface area contributed by atoms with Crippen molar-refractivity contribution in [2.75, 3.05) is 20.2 Å². The molecule has 3 nitrogen and oxygen atoms in total. The van der Waals surface area contributed by atoms with Gasteiger partial charge >= 0.3 is 0 Å². The molecule has 3 heterocycles. The van der Waals surface area contributed by atoms with E-state index in [0.717, 1.165) is 25.2 Å². The Bertz CT molecular complexity index is 278. The summed E-state index contributed by atoms with van der Waals surface area (Å²) >= 11 is 0. The van der Waals surface area contributed by atoms with Crippen LogP contribution in [0, 0.1) is 5.92 Å². The SMILES string of the molecule is CC(C)C1NCCOC12CC1CCC(C2)N1C. The van der Waals surface area contributed by atoms with E-state index in [0.29, 0.717) is 12.0 Å². The van der Waals surface area contributed by atoms with Crippen molar-refractivity contribution in [1.82, 2.24) is 10.2 Å². The Balaban J connectivity index is 1.84. The number of nitrogens with zero attached hydrogens (tertiary/aromatic N) is 1. The van der Waals surface area contributed by atoms with Gasteiger partial charge in [-0.25, -0.2) is 0 Å². The van der Waals surface area contributed by atoms with Gasteiger partial charge in [0, 0.05) is 24.7 Å². The van der Waals surface area contributed by atoms with Crippen molar-refractivity contribution >= 4 is 0 Å². The molecular weight excluding hydrogens is 212 g/mol. The first-order valence-electron chi connectivity index (χ1n) is 7.22. The number of nitrogens with one attached hydrogen (secondary N) is 1. The number of fused-ring (bicyclic) bond motifs is 2. The Morgan fingerprint density at radius 2 is 1.88 bits per heavy atom. The van der Waals surface area contributed by atoms with Gasteiger partial charge in [0.2, 0.25) is 0 Å². The van der Waals surface area contributed by atoms with E-state index < -0.39 is 0 Å². The molecule has 0 amide bonds. The fourth-order valence-corrected chi connectivity index (χ4v) is 4.42. The van der Waals surface area contributed by atoms with Crippen LogP contribution in [-0.2, 0) is 4.74 Å². The summed E-state index contributed by atoms with van der Waals surface area (Å²) in [4.78, 5) is 2.60. The topological polar surface area (TPSA) is 24.5 Å². The Hall–Kier alpha value is -0.120. The van der Waals surface area contributed by atoms with Crippen molar-refractivity contribution in [1.29, 1.82) is 0 Å². The molecule has 0 aliphatic carbocycles. The van der Waals surface area contributed by atoms with E-state index in [-0.39, 0.29) is 5.60 Å². The molecule has 17 heavy (non-hydrogen) atoms. The predicted molar refractivity (Wildman–Crippen MR) is 69.1 cm³/mol. The van der Waals surface area contributed by atoms with E-state index >= 15 is 0 Å². The minimum atomic E-state index is 0.130. The third kappa shape index (κ3) is 1.83. The molecule has 3 aliphatic rings. The van der Waals surface area contributed by atoms with E-state index in [2.05, 4.69) is 31.1 Å². The molecule has 3 unspecified atom stereocenters. The highest BCUT2D eigenvalue weighted by atomic mass is 16.5. The molecule has 0 aromatic heterocycles. The van der Waals surface area contributed by atoms with Crippen LogP contribution < -0.4 is 5.32 Å². The van der Waals surface area contributed by atoms with E-state index in [1.807, 2.05) is 0 Å². The summed E-state index contributed by atoms with van der Waals surface area (Å²) < 4.78 is 6.32. The fourth-order valence-electron chi connectivity index (χ4n) is 4.42. The van der Waals surface area contributed by atoms with Crippen molar-refractivity contribution in [2.45, 2.75) is 63.3 Å². The minimum Gasteiger partial charge on any atom is -0.372 e. The van der Waals surface area contributed by atoms with Crippen LogP contribution in [0.25, 0.3) is 0 Å². The van der Waals surface area contributed by atoms with Crippen LogP contribution in [0.15, 0.2) is 0 Å². The third-order valence-electron chi connectivity index (χ3n) is 5.24. The minimum absolute atomic E-state index is 0.130. The zero-order valence-corrected chi connectivity index (χ0v) is 11.4. The smallest absolute Gasteiger partial charge is 0.0867 e. The molecule has 0 aromatic carbocycles. The lowest BCUT2D eigenvalue weighted by atomic mass is 9.75. The van der Waals surface area contributed by atoms with Crippen molar-refractivity contribution in [2.24, 2.45) is 5.92 Å². The number of rotatable bonds is 1. The second-order valence-electron chi connectivity index (χ2n) is 6.55. The van der Waals surface area contributed by atoms with E-state index in [1.165, 1.54) is 25.7 Å². The molecule has 2 bridgehead atoms. The molecule has 3 fully saturated rings. The molecule has 3 saturated heterocycles. The molecule has 1 spiro atoms. The largest absolute Gasteiger partial charge is 0.372 e. The second kappa shape index (κ2) is 4.22. The summed E-state index contributed by atoms with van der Waals surface area (Å²) in [6.45, 7) is 6.57. The van der Waals surface area contributed by atoms with Gasteiger partial charge in [0.25, 0.3) is 0 Å². The Kier molecular flexibility index (Phi) is 2.96. The number of piperidine rings is 1. The first kappa shape index (κ1) is 11.9. The third-order valence-corrected chi connectivity index (χ3v) is 5.24. The number of ether oxygens (including phenoxy) is 1. The van der Waals surface area contributed by atoms with Crippen LogP contribution in [0.2, 0.25) is 0 Å². The van der Waals surface area contributed by atoms with Crippen molar-refractivity contribution in [3.63, 3.8) is 0 Å². The number of morpholine rings is 1. The number of hydrogen-bond donors (Lipinski definition) is 1. The normalized spacial score (nSPS) is 46.9. The van der Waals surface area contributed by atoms with Gasteiger partial charge in [0.1, 0.15) is 0 Å². The molecule has 0 radical (unpaired) electrons. The molecule has 98 valence electrons. The van der Waals surface area contributed by atoms with Crippen LogP contribution in [0.3, 0.4) is 0 Å². The average Bonchev–Trinajstić information content (AvgIpc) is 2.52. The molecule has 3 heteroatoms. The molecule has 3 atom stereocenters. The highest BCUT2D eigenvalue weighted by Gasteiger charge is 2.53. The lowest BCUT2D eigenvalue weighted by Crippen LogP contribution is -2.65. The van der Waals surface area contributed by atoms with Crippen molar-refractivity contribution in [3.05, 3.63) is 0 Å². The van der Waals surface area contributed by atoms with Gasteiger partial charge in [0.05, 0.1) is 12.2 Å². The number of hydrogen-bond acceptors (Lipinski definition) is 3. The monoisotopic (exact) mass is 238 g/mol. The van der Waals surface area contributed by atoms with Gasteiger partial charge in [-0.3, -0.25) is 0 Å². The summed E-state index contributed by atoms with van der Waals surface area (Å²) in [6, 6.07) is 2.07. The van der Waals surface area contributed by atoms with Gasteiger partial charge in [-0.2, -0.15) is 0 Å².